The highest BCUT2D eigenvalue weighted by atomic mass is 79.9. The van der Waals surface area contributed by atoms with Crippen LogP contribution < -0.4 is 5.32 Å². The number of thiazole rings is 1. The first-order valence-electron chi connectivity index (χ1n) is 5.19. The minimum absolute atomic E-state index is 0.221. The zero-order valence-corrected chi connectivity index (χ0v) is 12.5. The van der Waals surface area contributed by atoms with Crippen molar-refractivity contribution in [3.63, 3.8) is 0 Å². The van der Waals surface area contributed by atoms with Gasteiger partial charge in [-0.3, -0.25) is 9.48 Å². The molecule has 0 aliphatic heterocycles. The van der Waals surface area contributed by atoms with Crippen LogP contribution >= 0.6 is 27.3 Å². The lowest BCUT2D eigenvalue weighted by molar-refractivity contribution is 0.0910. The maximum atomic E-state index is 12.0. The van der Waals surface area contributed by atoms with Crippen LogP contribution in [0.3, 0.4) is 0 Å². The van der Waals surface area contributed by atoms with Crippen molar-refractivity contribution in [2.75, 3.05) is 0 Å². The summed E-state index contributed by atoms with van der Waals surface area (Å²) in [6.07, 6.45) is 1.78. The quantitative estimate of drug-likeness (QED) is 0.930. The highest BCUT2D eigenvalue weighted by Crippen LogP contribution is 2.20. The first-order valence-corrected chi connectivity index (χ1v) is 6.86. The Labute approximate surface area is 117 Å². The summed E-state index contributed by atoms with van der Waals surface area (Å²) in [6, 6.07) is 0. The van der Waals surface area contributed by atoms with Crippen molar-refractivity contribution in [2.24, 2.45) is 7.05 Å². The summed E-state index contributed by atoms with van der Waals surface area (Å²) in [5.41, 5.74) is 0.109. The fourth-order valence-electron chi connectivity index (χ4n) is 1.39. The lowest BCUT2D eigenvalue weighted by Gasteiger charge is -2.22. The number of rotatable bonds is 3. The Balaban J connectivity index is 2.15. The fraction of sp³-hybridized carbons (Fsp3) is 0.400. The van der Waals surface area contributed by atoms with Crippen LogP contribution in [0.1, 0.15) is 29.3 Å². The van der Waals surface area contributed by atoms with E-state index in [4.69, 9.17) is 0 Å². The molecule has 0 aliphatic rings. The van der Waals surface area contributed by atoms with Gasteiger partial charge in [0.05, 0.1) is 11.7 Å². The monoisotopic (exact) mass is 329 g/mol. The summed E-state index contributed by atoms with van der Waals surface area (Å²) in [7, 11) is 1.78. The van der Waals surface area contributed by atoms with E-state index >= 15 is 0 Å². The molecule has 2 rings (SSSR count). The number of hydrogen-bond donors (Lipinski definition) is 1. The second-order valence-corrected chi connectivity index (χ2v) is 6.00. The number of aryl methyl sites for hydroxylation is 1. The van der Waals surface area contributed by atoms with E-state index in [1.165, 1.54) is 11.3 Å². The zero-order chi connectivity index (χ0) is 13.3. The van der Waals surface area contributed by atoms with E-state index in [9.17, 15) is 4.79 Å². The van der Waals surface area contributed by atoms with Crippen LogP contribution in [0, 0.1) is 0 Å². The molecule has 0 saturated carbocycles. The summed E-state index contributed by atoms with van der Waals surface area (Å²) in [6.45, 7) is 3.75. The molecule has 2 aromatic heterocycles. The van der Waals surface area contributed by atoms with Gasteiger partial charge in [0.25, 0.3) is 5.91 Å². The van der Waals surface area contributed by atoms with E-state index in [1.807, 2.05) is 13.8 Å². The van der Waals surface area contributed by atoms with Crippen LogP contribution in [0.4, 0.5) is 0 Å². The largest absolute Gasteiger partial charge is 0.339 e. The Bertz CT molecular complexity index is 576. The van der Waals surface area contributed by atoms with Gasteiger partial charge >= 0.3 is 0 Å². The molecule has 18 heavy (non-hydrogen) atoms. The lowest BCUT2D eigenvalue weighted by Crippen LogP contribution is -2.41. The summed E-state index contributed by atoms with van der Waals surface area (Å²) < 4.78 is 2.26. The van der Waals surface area contributed by atoms with Crippen LogP contribution in [-0.2, 0) is 12.6 Å². The number of amides is 1. The Morgan fingerprint density at radius 1 is 1.56 bits per heavy atom. The maximum absolute atomic E-state index is 12.0. The second-order valence-electron chi connectivity index (χ2n) is 4.33. The van der Waals surface area contributed by atoms with Crippen molar-refractivity contribution < 1.29 is 4.79 Å². The Morgan fingerprint density at radius 3 is 2.78 bits per heavy atom. The lowest BCUT2D eigenvalue weighted by atomic mass is 10.0. The molecule has 1 N–H and O–H groups in total. The van der Waals surface area contributed by atoms with Crippen LogP contribution in [0.25, 0.3) is 0 Å². The second kappa shape index (κ2) is 4.77. The number of carbonyl (C=O) groups is 1. The van der Waals surface area contributed by atoms with Crippen molar-refractivity contribution in [3.05, 3.63) is 26.9 Å². The highest BCUT2D eigenvalue weighted by molar-refractivity contribution is 9.10. The topological polar surface area (TPSA) is 72.7 Å². The van der Waals surface area contributed by atoms with Crippen molar-refractivity contribution in [1.29, 1.82) is 0 Å². The minimum Gasteiger partial charge on any atom is -0.339 e. The van der Waals surface area contributed by atoms with Gasteiger partial charge in [-0.1, -0.05) is 5.21 Å². The molecule has 0 spiro atoms. The van der Waals surface area contributed by atoms with Gasteiger partial charge in [-0.05, 0) is 29.8 Å². The van der Waals surface area contributed by atoms with Gasteiger partial charge in [0, 0.05) is 12.4 Å². The summed E-state index contributed by atoms with van der Waals surface area (Å²) in [5.74, 6) is -0.221. The summed E-state index contributed by atoms with van der Waals surface area (Å²) in [4.78, 5) is 16.1. The van der Waals surface area contributed by atoms with Crippen LogP contribution in [0.15, 0.2) is 16.2 Å². The van der Waals surface area contributed by atoms with Crippen LogP contribution in [-0.4, -0.2) is 25.9 Å². The van der Waals surface area contributed by atoms with Gasteiger partial charge in [0.15, 0.2) is 5.01 Å². The molecule has 0 bridgehead atoms. The van der Waals surface area contributed by atoms with Gasteiger partial charge in [0.2, 0.25) is 0 Å². The van der Waals surface area contributed by atoms with Crippen molar-refractivity contribution in [1.82, 2.24) is 25.3 Å². The van der Waals surface area contributed by atoms with Crippen molar-refractivity contribution >= 4 is 33.2 Å². The SMILES string of the molecule is Cn1cc(C(C)(C)NC(=O)c2nc(Br)cs2)nn1. The average molecular weight is 330 g/mol. The first kappa shape index (κ1) is 13.2. The molecular formula is C10H12BrN5OS. The third-order valence-corrected chi connectivity index (χ3v) is 3.89. The molecule has 0 fully saturated rings. The molecule has 0 aliphatic carbocycles. The molecule has 6 nitrogen and oxygen atoms in total. The third-order valence-electron chi connectivity index (χ3n) is 2.34. The molecule has 0 radical (unpaired) electrons. The van der Waals surface area contributed by atoms with E-state index < -0.39 is 5.54 Å². The maximum Gasteiger partial charge on any atom is 0.281 e. The predicted molar refractivity (Wildman–Crippen MR) is 71.3 cm³/mol. The molecule has 1 amide bonds. The van der Waals surface area contributed by atoms with E-state index in [0.29, 0.717) is 15.3 Å². The molecule has 0 unspecified atom stereocenters. The molecule has 0 atom stereocenters. The van der Waals surface area contributed by atoms with E-state index in [2.05, 4.69) is 36.5 Å². The molecule has 2 aromatic rings. The fourth-order valence-corrected chi connectivity index (χ4v) is 2.54. The standard InChI is InChI=1S/C10H12BrN5OS/c1-10(2,6-4-16(3)15-14-6)13-8(17)9-12-7(11)5-18-9/h4-5H,1-3H3,(H,13,17). The molecule has 8 heteroatoms. The number of halogens is 1. The normalized spacial score (nSPS) is 11.6. The molecule has 0 aromatic carbocycles. The predicted octanol–water partition coefficient (Wildman–Crippen LogP) is 1.70. The number of nitrogens with one attached hydrogen (secondary N) is 1. The summed E-state index contributed by atoms with van der Waals surface area (Å²) >= 11 is 4.51. The van der Waals surface area contributed by atoms with Crippen molar-refractivity contribution in [3.8, 4) is 0 Å². The Kier molecular flexibility index (Phi) is 3.49. The number of aromatic nitrogens is 4. The highest BCUT2D eigenvalue weighted by Gasteiger charge is 2.27. The van der Waals surface area contributed by atoms with Gasteiger partial charge in [-0.15, -0.1) is 16.4 Å². The van der Waals surface area contributed by atoms with Crippen LogP contribution in [0.5, 0.6) is 0 Å². The third kappa shape index (κ3) is 2.75. The number of carbonyl (C=O) groups excluding carboxylic acids is 1. The van der Waals surface area contributed by atoms with Gasteiger partial charge < -0.3 is 5.32 Å². The number of nitrogens with zero attached hydrogens (tertiary/aromatic N) is 4. The van der Waals surface area contributed by atoms with Crippen molar-refractivity contribution in [2.45, 2.75) is 19.4 Å². The number of hydrogen-bond acceptors (Lipinski definition) is 5. The molecule has 2 heterocycles. The molecule has 96 valence electrons. The van der Waals surface area contributed by atoms with Gasteiger partial charge in [0.1, 0.15) is 10.3 Å². The zero-order valence-electron chi connectivity index (χ0n) is 10.1. The Hall–Kier alpha value is -1.28. The van der Waals surface area contributed by atoms with E-state index in [-0.39, 0.29) is 5.91 Å². The van der Waals surface area contributed by atoms with E-state index in [1.54, 1.807) is 23.3 Å². The smallest absolute Gasteiger partial charge is 0.281 e. The average Bonchev–Trinajstić information content (AvgIpc) is 2.86. The summed E-state index contributed by atoms with van der Waals surface area (Å²) in [5, 5.41) is 12.9. The molecular weight excluding hydrogens is 318 g/mol. The van der Waals surface area contributed by atoms with Gasteiger partial charge in [-0.2, -0.15) is 0 Å². The van der Waals surface area contributed by atoms with Crippen LogP contribution in [0.2, 0.25) is 0 Å². The molecule has 0 saturated heterocycles. The minimum atomic E-state index is -0.594. The first-order chi connectivity index (χ1) is 8.38. The van der Waals surface area contributed by atoms with E-state index in [0.717, 1.165) is 0 Å². The Morgan fingerprint density at radius 2 is 2.28 bits per heavy atom. The van der Waals surface area contributed by atoms with Gasteiger partial charge in [-0.25, -0.2) is 4.98 Å².